The van der Waals surface area contributed by atoms with Gasteiger partial charge in [0.05, 0.1) is 18.1 Å². The molecule has 0 saturated carbocycles. The molecule has 24 heavy (non-hydrogen) atoms. The normalized spacial score (nSPS) is 16.7. The number of nitrogens with zero attached hydrogens (tertiary/aromatic N) is 1. The van der Waals surface area contributed by atoms with Crippen LogP contribution < -0.4 is 9.46 Å². The number of carbonyl (C=O) groups excluding carboxylic acids is 1. The van der Waals surface area contributed by atoms with Crippen molar-refractivity contribution in [2.24, 2.45) is 0 Å². The van der Waals surface area contributed by atoms with E-state index < -0.39 is 16.1 Å². The number of carbonyl (C=O) groups is 1. The fourth-order valence-electron chi connectivity index (χ4n) is 2.31. The van der Waals surface area contributed by atoms with Crippen LogP contribution in [0.2, 0.25) is 0 Å². The van der Waals surface area contributed by atoms with Crippen LogP contribution in [0.25, 0.3) is 0 Å². The molecule has 0 spiro atoms. The van der Waals surface area contributed by atoms with Gasteiger partial charge in [-0.25, -0.2) is 13.1 Å². The Balaban J connectivity index is 1.96. The van der Waals surface area contributed by atoms with Crippen LogP contribution in [0, 0.1) is 0 Å². The van der Waals surface area contributed by atoms with Crippen molar-refractivity contribution in [3.05, 3.63) is 24.3 Å². The van der Waals surface area contributed by atoms with Gasteiger partial charge in [-0.15, -0.1) is 0 Å². The topological polar surface area (TPSA) is 84.9 Å². The molecule has 1 N–H and O–H groups in total. The highest BCUT2D eigenvalue weighted by Crippen LogP contribution is 2.18. The fourth-order valence-corrected chi connectivity index (χ4v) is 3.45. The molecule has 1 atom stereocenters. The van der Waals surface area contributed by atoms with E-state index in [0.29, 0.717) is 38.6 Å². The zero-order chi connectivity index (χ0) is 17.6. The maximum atomic E-state index is 12.3. The van der Waals surface area contributed by atoms with E-state index in [0.717, 1.165) is 6.42 Å². The molecule has 1 aliphatic rings. The van der Waals surface area contributed by atoms with E-state index in [4.69, 9.17) is 9.47 Å². The maximum Gasteiger partial charge on any atom is 0.263 e. The van der Waals surface area contributed by atoms with Crippen LogP contribution in [0.4, 0.5) is 0 Å². The number of benzene rings is 1. The average molecular weight is 356 g/mol. The van der Waals surface area contributed by atoms with Crippen molar-refractivity contribution in [1.29, 1.82) is 0 Å². The molecule has 1 amide bonds. The summed E-state index contributed by atoms with van der Waals surface area (Å²) in [6.07, 6.45) is 0.0884. The first-order valence-corrected chi connectivity index (χ1v) is 9.55. The van der Waals surface area contributed by atoms with Crippen LogP contribution >= 0.6 is 0 Å². The standard InChI is InChI=1S/C16H24N2O5S/c1-3-8-17-24(20,21)15-6-4-14(5-7-15)23-13(2)16(19)18-9-11-22-12-10-18/h4-7,13,17H,3,8-12H2,1-2H3/t13-/m1/s1. The van der Waals surface area contributed by atoms with Crippen LogP contribution in [0.1, 0.15) is 20.3 Å². The highest BCUT2D eigenvalue weighted by atomic mass is 32.2. The number of morpholine rings is 1. The zero-order valence-corrected chi connectivity index (χ0v) is 14.8. The molecule has 0 aromatic heterocycles. The molecule has 8 heteroatoms. The molecule has 1 aromatic carbocycles. The minimum Gasteiger partial charge on any atom is -0.481 e. The Labute approximate surface area is 143 Å². The highest BCUT2D eigenvalue weighted by molar-refractivity contribution is 7.89. The van der Waals surface area contributed by atoms with Crippen LogP contribution in [-0.4, -0.2) is 58.2 Å². The van der Waals surface area contributed by atoms with Crippen molar-refractivity contribution in [2.45, 2.75) is 31.3 Å². The van der Waals surface area contributed by atoms with Gasteiger partial charge in [0, 0.05) is 19.6 Å². The number of hydrogen-bond acceptors (Lipinski definition) is 5. The van der Waals surface area contributed by atoms with Gasteiger partial charge >= 0.3 is 0 Å². The van der Waals surface area contributed by atoms with E-state index in [-0.39, 0.29) is 10.8 Å². The number of rotatable bonds is 7. The Morgan fingerprint density at radius 3 is 2.50 bits per heavy atom. The van der Waals surface area contributed by atoms with Gasteiger partial charge in [-0.2, -0.15) is 0 Å². The molecule has 0 bridgehead atoms. The van der Waals surface area contributed by atoms with E-state index >= 15 is 0 Å². The molecule has 1 heterocycles. The molecule has 134 valence electrons. The molecule has 1 aliphatic heterocycles. The van der Waals surface area contributed by atoms with Crippen LogP contribution in [0.15, 0.2) is 29.2 Å². The molecular weight excluding hydrogens is 332 g/mol. The van der Waals surface area contributed by atoms with Crippen molar-refractivity contribution in [2.75, 3.05) is 32.8 Å². The lowest BCUT2D eigenvalue weighted by molar-refractivity contribution is -0.142. The quantitative estimate of drug-likeness (QED) is 0.788. The number of amides is 1. The number of hydrogen-bond donors (Lipinski definition) is 1. The summed E-state index contributed by atoms with van der Waals surface area (Å²) in [6, 6.07) is 6.06. The molecular formula is C16H24N2O5S. The van der Waals surface area contributed by atoms with Crippen molar-refractivity contribution >= 4 is 15.9 Å². The van der Waals surface area contributed by atoms with Crippen LogP contribution in [-0.2, 0) is 19.6 Å². The van der Waals surface area contributed by atoms with E-state index in [1.54, 1.807) is 24.0 Å². The minimum atomic E-state index is -3.50. The Bertz CT molecular complexity index is 639. The van der Waals surface area contributed by atoms with Gasteiger partial charge in [-0.05, 0) is 37.6 Å². The molecule has 1 aromatic rings. The highest BCUT2D eigenvalue weighted by Gasteiger charge is 2.24. The minimum absolute atomic E-state index is 0.0976. The van der Waals surface area contributed by atoms with Gasteiger partial charge in [0.1, 0.15) is 5.75 Å². The average Bonchev–Trinajstić information content (AvgIpc) is 2.60. The predicted molar refractivity (Wildman–Crippen MR) is 89.4 cm³/mol. The maximum absolute atomic E-state index is 12.3. The third-order valence-corrected chi connectivity index (χ3v) is 5.14. The second kappa shape index (κ2) is 8.46. The van der Waals surface area contributed by atoms with Crippen molar-refractivity contribution in [3.63, 3.8) is 0 Å². The lowest BCUT2D eigenvalue weighted by Gasteiger charge is -2.29. The lowest BCUT2D eigenvalue weighted by Crippen LogP contribution is -2.46. The lowest BCUT2D eigenvalue weighted by atomic mass is 10.3. The fraction of sp³-hybridized carbons (Fsp3) is 0.562. The molecule has 0 radical (unpaired) electrons. The summed E-state index contributed by atoms with van der Waals surface area (Å²) in [5, 5.41) is 0. The number of sulfonamides is 1. The van der Waals surface area contributed by atoms with E-state index in [9.17, 15) is 13.2 Å². The third kappa shape index (κ3) is 4.93. The summed E-state index contributed by atoms with van der Waals surface area (Å²) in [4.78, 5) is 14.2. The molecule has 1 fully saturated rings. The van der Waals surface area contributed by atoms with Crippen LogP contribution in [0.5, 0.6) is 5.75 Å². The summed E-state index contributed by atoms with van der Waals surface area (Å²) in [5.74, 6) is 0.359. The Morgan fingerprint density at radius 2 is 1.92 bits per heavy atom. The monoisotopic (exact) mass is 356 g/mol. The first kappa shape index (κ1) is 18.7. The molecule has 2 rings (SSSR count). The summed E-state index contributed by atoms with van der Waals surface area (Å²) < 4.78 is 37.4. The van der Waals surface area contributed by atoms with E-state index in [1.807, 2.05) is 6.92 Å². The Kier molecular flexibility index (Phi) is 6.59. The second-order valence-electron chi connectivity index (χ2n) is 5.57. The number of nitrogens with one attached hydrogen (secondary N) is 1. The second-order valence-corrected chi connectivity index (χ2v) is 7.33. The summed E-state index contributed by atoms with van der Waals surface area (Å²) in [7, 11) is -3.50. The largest absolute Gasteiger partial charge is 0.481 e. The third-order valence-electron chi connectivity index (χ3n) is 3.66. The predicted octanol–water partition coefficient (Wildman–Crippen LogP) is 1.00. The first-order chi connectivity index (χ1) is 11.4. The smallest absolute Gasteiger partial charge is 0.263 e. The molecule has 7 nitrogen and oxygen atoms in total. The summed E-state index contributed by atoms with van der Waals surface area (Å²) in [5.41, 5.74) is 0. The Morgan fingerprint density at radius 1 is 1.29 bits per heavy atom. The zero-order valence-electron chi connectivity index (χ0n) is 14.0. The summed E-state index contributed by atoms with van der Waals surface area (Å²) in [6.45, 7) is 6.18. The van der Waals surface area contributed by atoms with Crippen molar-refractivity contribution in [3.8, 4) is 5.75 Å². The van der Waals surface area contributed by atoms with Gasteiger partial charge in [0.25, 0.3) is 5.91 Å². The van der Waals surface area contributed by atoms with Gasteiger partial charge in [0.2, 0.25) is 10.0 Å². The van der Waals surface area contributed by atoms with Gasteiger partial charge < -0.3 is 14.4 Å². The first-order valence-electron chi connectivity index (χ1n) is 8.07. The van der Waals surface area contributed by atoms with E-state index in [2.05, 4.69) is 4.72 Å². The van der Waals surface area contributed by atoms with Gasteiger partial charge in [-0.3, -0.25) is 4.79 Å². The van der Waals surface area contributed by atoms with Crippen LogP contribution in [0.3, 0.4) is 0 Å². The summed E-state index contributed by atoms with van der Waals surface area (Å²) >= 11 is 0. The van der Waals surface area contributed by atoms with Crippen molar-refractivity contribution in [1.82, 2.24) is 9.62 Å². The Hall–Kier alpha value is -1.64. The molecule has 1 saturated heterocycles. The van der Waals surface area contributed by atoms with Gasteiger partial charge in [0.15, 0.2) is 6.10 Å². The number of ether oxygens (including phenoxy) is 2. The van der Waals surface area contributed by atoms with E-state index in [1.165, 1.54) is 12.1 Å². The molecule has 0 unspecified atom stereocenters. The SMILES string of the molecule is CCCNS(=O)(=O)c1ccc(O[C@H](C)C(=O)N2CCOCC2)cc1. The van der Waals surface area contributed by atoms with Gasteiger partial charge in [-0.1, -0.05) is 6.92 Å². The van der Waals surface area contributed by atoms with Crippen molar-refractivity contribution < 1.29 is 22.7 Å². The molecule has 0 aliphatic carbocycles.